The van der Waals surface area contributed by atoms with E-state index in [2.05, 4.69) is 54.0 Å². The highest BCUT2D eigenvalue weighted by atomic mass is 16.2. The predicted molar refractivity (Wildman–Crippen MR) is 96.5 cm³/mol. The van der Waals surface area contributed by atoms with E-state index < -0.39 is 0 Å². The van der Waals surface area contributed by atoms with E-state index in [-0.39, 0.29) is 0 Å². The zero-order chi connectivity index (χ0) is 16.5. The second-order valence-electron chi connectivity index (χ2n) is 6.77. The van der Waals surface area contributed by atoms with Crippen LogP contribution in [0.3, 0.4) is 0 Å². The minimum Gasteiger partial charge on any atom is -0.341 e. The molecule has 3 nitrogen and oxygen atoms in total. The summed E-state index contributed by atoms with van der Waals surface area (Å²) in [6.07, 6.45) is 6.41. The van der Waals surface area contributed by atoms with Crippen molar-refractivity contribution >= 4 is 5.91 Å². The van der Waals surface area contributed by atoms with Gasteiger partial charge in [0.2, 0.25) is 5.91 Å². The maximum Gasteiger partial charge on any atom is 0.222 e. The first-order valence-electron chi connectivity index (χ1n) is 9.26. The van der Waals surface area contributed by atoms with E-state index >= 15 is 0 Å². The summed E-state index contributed by atoms with van der Waals surface area (Å²) in [6, 6.07) is 11.2. The summed E-state index contributed by atoms with van der Waals surface area (Å²) < 4.78 is 0. The number of hydrogen-bond donors (Lipinski definition) is 0. The number of hydrogen-bond acceptors (Lipinski definition) is 2. The monoisotopic (exact) mass is 316 g/mol. The third-order valence-electron chi connectivity index (χ3n) is 4.84. The smallest absolute Gasteiger partial charge is 0.222 e. The van der Waals surface area contributed by atoms with Gasteiger partial charge in [-0.1, -0.05) is 43.7 Å². The second kappa shape index (κ2) is 9.71. The van der Waals surface area contributed by atoms with Crippen molar-refractivity contribution in [1.82, 2.24) is 9.80 Å². The number of likely N-dealkylation sites (tertiary alicyclic amines) is 1. The van der Waals surface area contributed by atoms with Gasteiger partial charge in [0, 0.05) is 32.1 Å². The first kappa shape index (κ1) is 18.0. The van der Waals surface area contributed by atoms with Gasteiger partial charge in [0.05, 0.1) is 0 Å². The molecule has 1 amide bonds. The van der Waals surface area contributed by atoms with Gasteiger partial charge in [-0.05, 0) is 44.7 Å². The Morgan fingerprint density at radius 3 is 2.65 bits per heavy atom. The van der Waals surface area contributed by atoms with Crippen molar-refractivity contribution in [2.24, 2.45) is 0 Å². The first-order chi connectivity index (χ1) is 11.2. The molecule has 23 heavy (non-hydrogen) atoms. The molecule has 1 unspecified atom stereocenters. The molecule has 0 N–H and O–H groups in total. The van der Waals surface area contributed by atoms with Gasteiger partial charge < -0.3 is 4.90 Å². The van der Waals surface area contributed by atoms with E-state index in [1.54, 1.807) is 0 Å². The maximum absolute atomic E-state index is 12.2. The van der Waals surface area contributed by atoms with E-state index in [1.165, 1.54) is 18.4 Å². The Balaban J connectivity index is 1.88. The molecule has 2 rings (SSSR count). The third kappa shape index (κ3) is 5.98. The molecule has 1 aromatic carbocycles. The van der Waals surface area contributed by atoms with Gasteiger partial charge in [0.25, 0.3) is 0 Å². The fraction of sp³-hybridized carbons (Fsp3) is 0.650. The molecule has 1 saturated heterocycles. The second-order valence-corrected chi connectivity index (χ2v) is 6.77. The largest absolute Gasteiger partial charge is 0.341 e. The molecule has 1 aliphatic heterocycles. The molecule has 1 aromatic rings. The van der Waals surface area contributed by atoms with Crippen molar-refractivity contribution in [2.75, 3.05) is 26.2 Å². The molecule has 1 heterocycles. The van der Waals surface area contributed by atoms with E-state index in [1.807, 2.05) is 0 Å². The summed E-state index contributed by atoms with van der Waals surface area (Å²) >= 11 is 0. The van der Waals surface area contributed by atoms with E-state index in [0.29, 0.717) is 11.9 Å². The molecule has 1 aliphatic rings. The lowest BCUT2D eigenvalue weighted by Crippen LogP contribution is -2.43. The van der Waals surface area contributed by atoms with Crippen LogP contribution in [0.2, 0.25) is 0 Å². The van der Waals surface area contributed by atoms with Gasteiger partial charge in [-0.2, -0.15) is 0 Å². The van der Waals surface area contributed by atoms with Crippen molar-refractivity contribution in [3.63, 3.8) is 0 Å². The van der Waals surface area contributed by atoms with Crippen LogP contribution in [0.1, 0.15) is 51.5 Å². The molecule has 1 atom stereocenters. The number of nitrogens with zero attached hydrogens (tertiary/aromatic N) is 2. The highest BCUT2D eigenvalue weighted by Crippen LogP contribution is 2.13. The number of amides is 1. The number of carbonyl (C=O) groups excluding carboxylic acids is 1. The highest BCUT2D eigenvalue weighted by Gasteiger charge is 2.19. The summed E-state index contributed by atoms with van der Waals surface area (Å²) in [4.78, 5) is 16.8. The fourth-order valence-corrected chi connectivity index (χ4v) is 3.45. The van der Waals surface area contributed by atoms with Crippen LogP contribution in [0, 0.1) is 0 Å². The van der Waals surface area contributed by atoms with Crippen molar-refractivity contribution in [2.45, 2.75) is 58.4 Å². The predicted octanol–water partition coefficient (Wildman–Crippen LogP) is 3.73. The minimum absolute atomic E-state index is 0.356. The molecular formula is C20H32N2O. The molecular weight excluding hydrogens is 284 g/mol. The third-order valence-corrected chi connectivity index (χ3v) is 4.84. The van der Waals surface area contributed by atoms with Gasteiger partial charge >= 0.3 is 0 Å². The van der Waals surface area contributed by atoms with Gasteiger partial charge in [0.1, 0.15) is 0 Å². The van der Waals surface area contributed by atoms with Gasteiger partial charge in [-0.15, -0.1) is 0 Å². The Kier molecular flexibility index (Phi) is 7.60. The molecule has 0 aromatic heterocycles. The van der Waals surface area contributed by atoms with E-state index in [0.717, 1.165) is 51.9 Å². The molecule has 0 saturated carbocycles. The highest BCUT2D eigenvalue weighted by molar-refractivity contribution is 5.76. The lowest BCUT2D eigenvalue weighted by Gasteiger charge is -2.31. The van der Waals surface area contributed by atoms with Crippen molar-refractivity contribution in [3.05, 3.63) is 35.9 Å². The van der Waals surface area contributed by atoms with Crippen molar-refractivity contribution in [3.8, 4) is 0 Å². The SMILES string of the molecule is CCCN(CCN1CCCCCC1=O)C(C)Cc1ccccc1. The van der Waals surface area contributed by atoms with Crippen LogP contribution < -0.4 is 0 Å². The van der Waals surface area contributed by atoms with Crippen molar-refractivity contribution < 1.29 is 4.79 Å². The zero-order valence-corrected chi connectivity index (χ0v) is 14.8. The summed E-state index contributed by atoms with van der Waals surface area (Å²) in [5.41, 5.74) is 1.40. The lowest BCUT2D eigenvalue weighted by molar-refractivity contribution is -0.131. The molecule has 0 bridgehead atoms. The van der Waals surface area contributed by atoms with Crippen LogP contribution in [0.4, 0.5) is 0 Å². The van der Waals surface area contributed by atoms with Crippen LogP contribution >= 0.6 is 0 Å². The zero-order valence-electron chi connectivity index (χ0n) is 14.8. The Labute approximate surface area is 141 Å². The van der Waals surface area contributed by atoms with Gasteiger partial charge in [0.15, 0.2) is 0 Å². The summed E-state index contributed by atoms with van der Waals surface area (Å²) in [6.45, 7) is 8.49. The summed E-state index contributed by atoms with van der Waals surface area (Å²) in [5, 5.41) is 0. The summed E-state index contributed by atoms with van der Waals surface area (Å²) in [5.74, 6) is 0.356. The molecule has 1 fully saturated rings. The van der Waals surface area contributed by atoms with Crippen LogP contribution in [0.25, 0.3) is 0 Å². The molecule has 3 heteroatoms. The number of rotatable bonds is 8. The van der Waals surface area contributed by atoms with Gasteiger partial charge in [-0.25, -0.2) is 0 Å². The Hall–Kier alpha value is -1.35. The standard InChI is InChI=1S/C20H32N2O/c1-3-13-21(18(2)17-19-10-6-4-7-11-19)15-16-22-14-9-5-8-12-20(22)23/h4,6-7,10-11,18H,3,5,8-9,12-17H2,1-2H3. The van der Waals surface area contributed by atoms with Crippen molar-refractivity contribution in [1.29, 1.82) is 0 Å². The fourth-order valence-electron chi connectivity index (χ4n) is 3.45. The van der Waals surface area contributed by atoms with Crippen LogP contribution in [-0.4, -0.2) is 47.9 Å². The quantitative estimate of drug-likeness (QED) is 0.729. The average molecular weight is 316 g/mol. The maximum atomic E-state index is 12.2. The number of benzene rings is 1. The lowest BCUT2D eigenvalue weighted by atomic mass is 10.1. The molecule has 128 valence electrons. The Morgan fingerprint density at radius 2 is 1.91 bits per heavy atom. The Morgan fingerprint density at radius 1 is 1.13 bits per heavy atom. The van der Waals surface area contributed by atoms with Crippen LogP contribution in [-0.2, 0) is 11.2 Å². The molecule has 0 spiro atoms. The van der Waals surface area contributed by atoms with Crippen LogP contribution in [0.15, 0.2) is 30.3 Å². The van der Waals surface area contributed by atoms with Gasteiger partial charge in [-0.3, -0.25) is 9.69 Å². The Bertz CT molecular complexity index is 460. The van der Waals surface area contributed by atoms with E-state index in [4.69, 9.17) is 0 Å². The topological polar surface area (TPSA) is 23.6 Å². The molecule has 0 aliphatic carbocycles. The molecule has 0 radical (unpaired) electrons. The summed E-state index contributed by atoms with van der Waals surface area (Å²) in [7, 11) is 0. The average Bonchev–Trinajstić information content (AvgIpc) is 2.76. The first-order valence-corrected chi connectivity index (χ1v) is 9.26. The number of carbonyl (C=O) groups is 1. The normalized spacial score (nSPS) is 17.3. The minimum atomic E-state index is 0.356. The van der Waals surface area contributed by atoms with Crippen LogP contribution in [0.5, 0.6) is 0 Å². The van der Waals surface area contributed by atoms with E-state index in [9.17, 15) is 4.79 Å².